The van der Waals surface area contributed by atoms with Crippen LogP contribution in [-0.2, 0) is 0 Å². The first-order valence-electron chi connectivity index (χ1n) is 5.64. The Labute approximate surface area is 94.6 Å². The summed E-state index contributed by atoms with van der Waals surface area (Å²) in [5.74, 6) is 0.0450. The van der Waals surface area contributed by atoms with Gasteiger partial charge in [-0.25, -0.2) is 0 Å². The molecule has 1 saturated heterocycles. The number of nitrogens with one attached hydrogen (secondary N) is 2. The molecule has 0 unspecified atom stereocenters. The van der Waals surface area contributed by atoms with Gasteiger partial charge < -0.3 is 15.5 Å². The number of amides is 1. The van der Waals surface area contributed by atoms with Crippen molar-refractivity contribution in [1.82, 2.24) is 10.6 Å². The van der Waals surface area contributed by atoms with Crippen molar-refractivity contribution >= 4 is 11.6 Å². The fourth-order valence-electron chi connectivity index (χ4n) is 2.43. The molecule has 3 rings (SSSR count). The molecule has 0 aromatic heterocycles. The minimum Gasteiger partial charge on any atom is -0.348 e. The van der Waals surface area contributed by atoms with Gasteiger partial charge in [-0.05, 0) is 19.1 Å². The van der Waals surface area contributed by atoms with Crippen molar-refractivity contribution in [3.05, 3.63) is 29.3 Å². The Balaban J connectivity index is 2.08. The zero-order chi connectivity index (χ0) is 11.1. The number of carbonyl (C=O) groups excluding carboxylic acids is 1. The molecule has 4 heteroatoms. The van der Waals surface area contributed by atoms with Gasteiger partial charge in [0.2, 0.25) is 0 Å². The number of piperazine rings is 1. The van der Waals surface area contributed by atoms with Gasteiger partial charge in [-0.15, -0.1) is 0 Å². The third-order valence-electron chi connectivity index (χ3n) is 3.25. The SMILES string of the molecule is Cc1ccc2c(c1)C(=O)N[C@@H]1CNCCN21. The van der Waals surface area contributed by atoms with E-state index in [4.69, 9.17) is 0 Å². The van der Waals surface area contributed by atoms with Gasteiger partial charge in [0.1, 0.15) is 6.17 Å². The maximum Gasteiger partial charge on any atom is 0.255 e. The van der Waals surface area contributed by atoms with E-state index in [9.17, 15) is 4.79 Å². The van der Waals surface area contributed by atoms with Gasteiger partial charge in [0.25, 0.3) is 5.91 Å². The van der Waals surface area contributed by atoms with E-state index in [1.165, 1.54) is 0 Å². The van der Waals surface area contributed by atoms with Crippen LogP contribution >= 0.6 is 0 Å². The van der Waals surface area contributed by atoms with Crippen LogP contribution in [-0.4, -0.2) is 31.7 Å². The molecule has 0 bridgehead atoms. The van der Waals surface area contributed by atoms with E-state index in [1.54, 1.807) is 0 Å². The number of aryl methyl sites for hydroxylation is 1. The molecule has 0 aliphatic carbocycles. The fourth-order valence-corrected chi connectivity index (χ4v) is 2.43. The first-order valence-corrected chi connectivity index (χ1v) is 5.64. The van der Waals surface area contributed by atoms with Crippen LogP contribution in [0.2, 0.25) is 0 Å². The molecule has 1 atom stereocenters. The van der Waals surface area contributed by atoms with E-state index < -0.39 is 0 Å². The zero-order valence-corrected chi connectivity index (χ0v) is 9.29. The van der Waals surface area contributed by atoms with Crippen molar-refractivity contribution in [3.8, 4) is 0 Å². The van der Waals surface area contributed by atoms with Crippen LogP contribution < -0.4 is 15.5 Å². The van der Waals surface area contributed by atoms with E-state index in [0.717, 1.165) is 36.4 Å². The molecule has 84 valence electrons. The van der Waals surface area contributed by atoms with Crippen molar-refractivity contribution in [3.63, 3.8) is 0 Å². The van der Waals surface area contributed by atoms with E-state index in [1.807, 2.05) is 13.0 Å². The van der Waals surface area contributed by atoms with E-state index in [2.05, 4.69) is 27.7 Å². The van der Waals surface area contributed by atoms with Gasteiger partial charge in [-0.2, -0.15) is 0 Å². The maximum atomic E-state index is 11.9. The highest BCUT2D eigenvalue weighted by Gasteiger charge is 2.31. The van der Waals surface area contributed by atoms with Gasteiger partial charge in [-0.3, -0.25) is 4.79 Å². The maximum absolute atomic E-state index is 11.9. The number of hydrogen-bond donors (Lipinski definition) is 2. The number of anilines is 1. The molecule has 2 aliphatic heterocycles. The van der Waals surface area contributed by atoms with E-state index in [0.29, 0.717) is 0 Å². The highest BCUT2D eigenvalue weighted by atomic mass is 16.2. The number of carbonyl (C=O) groups is 1. The van der Waals surface area contributed by atoms with Gasteiger partial charge in [0.05, 0.1) is 11.3 Å². The first kappa shape index (κ1) is 9.66. The summed E-state index contributed by atoms with van der Waals surface area (Å²) in [6, 6.07) is 6.08. The van der Waals surface area contributed by atoms with Gasteiger partial charge in [-0.1, -0.05) is 11.6 Å². The Bertz CT molecular complexity index is 444. The van der Waals surface area contributed by atoms with Crippen molar-refractivity contribution in [2.75, 3.05) is 24.5 Å². The molecular weight excluding hydrogens is 202 g/mol. The number of benzene rings is 1. The van der Waals surface area contributed by atoms with Crippen LogP contribution in [0.3, 0.4) is 0 Å². The van der Waals surface area contributed by atoms with Crippen LogP contribution in [0.15, 0.2) is 18.2 Å². The third-order valence-corrected chi connectivity index (χ3v) is 3.25. The molecule has 0 saturated carbocycles. The third kappa shape index (κ3) is 1.38. The smallest absolute Gasteiger partial charge is 0.255 e. The minimum atomic E-state index is 0.0450. The summed E-state index contributed by atoms with van der Waals surface area (Å²) in [5.41, 5.74) is 3.00. The Morgan fingerprint density at radius 2 is 2.31 bits per heavy atom. The predicted octanol–water partition coefficient (Wildman–Crippen LogP) is 0.474. The van der Waals surface area contributed by atoms with Gasteiger partial charge in [0, 0.05) is 19.6 Å². The normalized spacial score (nSPS) is 23.4. The molecule has 1 aromatic rings. The highest BCUT2D eigenvalue weighted by Crippen LogP contribution is 2.27. The van der Waals surface area contributed by atoms with Crippen LogP contribution in [0.1, 0.15) is 15.9 Å². The highest BCUT2D eigenvalue weighted by molar-refractivity contribution is 6.02. The zero-order valence-electron chi connectivity index (χ0n) is 9.29. The molecular formula is C12H15N3O. The van der Waals surface area contributed by atoms with Crippen LogP contribution in [0.5, 0.6) is 0 Å². The lowest BCUT2D eigenvalue weighted by Gasteiger charge is -2.42. The summed E-state index contributed by atoms with van der Waals surface area (Å²) < 4.78 is 0. The molecule has 1 fully saturated rings. The number of hydrogen-bond acceptors (Lipinski definition) is 3. The number of nitrogens with zero attached hydrogens (tertiary/aromatic N) is 1. The van der Waals surface area contributed by atoms with Crippen LogP contribution in [0.4, 0.5) is 5.69 Å². The summed E-state index contributed by atoms with van der Waals surface area (Å²) in [5, 5.41) is 6.32. The Hall–Kier alpha value is -1.55. The van der Waals surface area contributed by atoms with Crippen molar-refractivity contribution in [2.45, 2.75) is 13.1 Å². The Kier molecular flexibility index (Phi) is 2.11. The van der Waals surface area contributed by atoms with Crippen molar-refractivity contribution in [2.24, 2.45) is 0 Å². The monoisotopic (exact) mass is 217 g/mol. The average Bonchev–Trinajstić information content (AvgIpc) is 2.29. The Morgan fingerprint density at radius 3 is 3.19 bits per heavy atom. The fraction of sp³-hybridized carbons (Fsp3) is 0.417. The molecule has 0 radical (unpaired) electrons. The molecule has 0 spiro atoms. The second-order valence-electron chi connectivity index (χ2n) is 4.41. The molecule has 1 amide bonds. The summed E-state index contributed by atoms with van der Waals surface area (Å²) >= 11 is 0. The van der Waals surface area contributed by atoms with Gasteiger partial charge in [0.15, 0.2) is 0 Å². The molecule has 1 aromatic carbocycles. The van der Waals surface area contributed by atoms with E-state index >= 15 is 0 Å². The van der Waals surface area contributed by atoms with Gasteiger partial charge >= 0.3 is 0 Å². The lowest BCUT2D eigenvalue weighted by molar-refractivity contribution is 0.0922. The molecule has 2 heterocycles. The second-order valence-corrected chi connectivity index (χ2v) is 4.41. The lowest BCUT2D eigenvalue weighted by Crippen LogP contribution is -2.62. The van der Waals surface area contributed by atoms with Crippen LogP contribution in [0.25, 0.3) is 0 Å². The van der Waals surface area contributed by atoms with E-state index in [-0.39, 0.29) is 12.1 Å². The Morgan fingerprint density at radius 1 is 1.44 bits per heavy atom. The molecule has 2 N–H and O–H groups in total. The second kappa shape index (κ2) is 3.49. The lowest BCUT2D eigenvalue weighted by atomic mass is 10.0. The summed E-state index contributed by atoms with van der Waals surface area (Å²) in [7, 11) is 0. The van der Waals surface area contributed by atoms with Crippen molar-refractivity contribution in [1.29, 1.82) is 0 Å². The molecule has 16 heavy (non-hydrogen) atoms. The predicted molar refractivity (Wildman–Crippen MR) is 62.6 cm³/mol. The van der Waals surface area contributed by atoms with Crippen molar-refractivity contribution < 1.29 is 4.79 Å². The topological polar surface area (TPSA) is 44.4 Å². The standard InChI is InChI=1S/C12H15N3O/c1-8-2-3-10-9(6-8)12(16)14-11-7-13-4-5-15(10)11/h2-3,6,11,13H,4-5,7H2,1H3,(H,14,16)/t11-/m0/s1. The average molecular weight is 217 g/mol. The number of rotatable bonds is 0. The van der Waals surface area contributed by atoms with Crippen LogP contribution in [0, 0.1) is 6.92 Å². The summed E-state index contributed by atoms with van der Waals surface area (Å²) in [6.07, 6.45) is 0.108. The first-order chi connectivity index (χ1) is 7.75. The summed E-state index contributed by atoms with van der Waals surface area (Å²) in [6.45, 7) is 4.75. The molecule has 4 nitrogen and oxygen atoms in total. The summed E-state index contributed by atoms with van der Waals surface area (Å²) in [4.78, 5) is 14.2. The molecule has 2 aliphatic rings. The number of fused-ring (bicyclic) bond motifs is 3. The quantitative estimate of drug-likeness (QED) is 0.664. The largest absolute Gasteiger partial charge is 0.348 e. The minimum absolute atomic E-state index is 0.0450.